The van der Waals surface area contributed by atoms with Gasteiger partial charge in [-0.3, -0.25) is 0 Å². The molecule has 20 heavy (non-hydrogen) atoms. The Labute approximate surface area is 140 Å². The summed E-state index contributed by atoms with van der Waals surface area (Å²) in [6.07, 6.45) is 1.83. The zero-order valence-corrected chi connectivity index (χ0v) is 15.2. The van der Waals surface area contributed by atoms with Crippen molar-refractivity contribution < 1.29 is 4.74 Å². The third-order valence-corrected chi connectivity index (χ3v) is 5.47. The van der Waals surface area contributed by atoms with Gasteiger partial charge in [0.2, 0.25) is 0 Å². The van der Waals surface area contributed by atoms with Gasteiger partial charge in [0, 0.05) is 25.2 Å². The van der Waals surface area contributed by atoms with E-state index in [1.165, 1.54) is 10.4 Å². The average molecular weight is 419 g/mol. The molecule has 0 saturated heterocycles. The molecule has 0 spiro atoms. The average Bonchev–Trinajstić information content (AvgIpc) is 2.85. The second kappa shape index (κ2) is 7.59. The highest BCUT2D eigenvalue weighted by Crippen LogP contribution is 2.26. The van der Waals surface area contributed by atoms with E-state index in [0.717, 1.165) is 27.5 Å². The number of thiophene rings is 1. The van der Waals surface area contributed by atoms with E-state index < -0.39 is 0 Å². The van der Waals surface area contributed by atoms with Crippen LogP contribution >= 0.6 is 43.2 Å². The fourth-order valence-electron chi connectivity index (χ4n) is 1.81. The van der Waals surface area contributed by atoms with Crippen LogP contribution in [0.4, 0.5) is 0 Å². The third-order valence-electron chi connectivity index (χ3n) is 3.03. The van der Waals surface area contributed by atoms with Crippen molar-refractivity contribution in [2.45, 2.75) is 32.4 Å². The minimum atomic E-state index is 0.190. The molecule has 0 fully saturated rings. The summed E-state index contributed by atoms with van der Waals surface area (Å²) in [6, 6.07) is 8.35. The predicted octanol–water partition coefficient (Wildman–Crippen LogP) is 5.13. The van der Waals surface area contributed by atoms with Crippen molar-refractivity contribution in [3.63, 3.8) is 0 Å². The predicted molar refractivity (Wildman–Crippen MR) is 92.5 cm³/mol. The smallest absolute Gasteiger partial charge is 0.122 e. The summed E-state index contributed by atoms with van der Waals surface area (Å²) in [6.45, 7) is 2.70. The first-order chi connectivity index (χ1) is 9.58. The molecule has 2 nitrogen and oxygen atoms in total. The molecule has 0 aliphatic rings. The zero-order valence-electron chi connectivity index (χ0n) is 11.2. The molecule has 1 aromatic heterocycles. The van der Waals surface area contributed by atoms with Gasteiger partial charge in [0.25, 0.3) is 0 Å². The Morgan fingerprint density at radius 2 is 2.10 bits per heavy atom. The Bertz CT molecular complexity index is 571. The van der Waals surface area contributed by atoms with Gasteiger partial charge in [-0.1, -0.05) is 22.9 Å². The molecule has 1 heterocycles. The largest absolute Gasteiger partial charge is 0.488 e. The molecule has 2 N–H and O–H groups in total. The molecule has 108 valence electrons. The van der Waals surface area contributed by atoms with Gasteiger partial charge in [-0.2, -0.15) is 0 Å². The molecule has 0 saturated carbocycles. The summed E-state index contributed by atoms with van der Waals surface area (Å²) in [5, 5.41) is 2.06. The summed E-state index contributed by atoms with van der Waals surface area (Å²) in [5.74, 6) is 0.885. The number of ether oxygens (including phenoxy) is 1. The minimum Gasteiger partial charge on any atom is -0.488 e. The van der Waals surface area contributed by atoms with Gasteiger partial charge < -0.3 is 10.5 Å². The molecule has 1 atom stereocenters. The lowest BCUT2D eigenvalue weighted by atomic mass is 10.0. The van der Waals surface area contributed by atoms with Crippen LogP contribution < -0.4 is 10.5 Å². The number of halogens is 2. The first kappa shape index (κ1) is 16.0. The van der Waals surface area contributed by atoms with Crippen molar-refractivity contribution in [1.82, 2.24) is 0 Å². The quantitative estimate of drug-likeness (QED) is 0.705. The molecule has 1 unspecified atom stereocenters. The molecule has 0 aliphatic carbocycles. The molecule has 5 heteroatoms. The van der Waals surface area contributed by atoms with Crippen molar-refractivity contribution in [2.75, 3.05) is 0 Å². The molecular weight excluding hydrogens is 402 g/mol. The lowest BCUT2D eigenvalue weighted by Gasteiger charge is -2.12. The van der Waals surface area contributed by atoms with E-state index in [9.17, 15) is 0 Å². The number of hydrogen-bond acceptors (Lipinski definition) is 3. The van der Waals surface area contributed by atoms with Crippen molar-refractivity contribution >= 4 is 43.2 Å². The Morgan fingerprint density at radius 1 is 1.30 bits per heavy atom. The Hall–Kier alpha value is -0.360. The maximum absolute atomic E-state index is 6.03. The number of hydrogen-bond donors (Lipinski definition) is 1. The fraction of sp³-hybridized carbons (Fsp3) is 0.333. The monoisotopic (exact) mass is 417 g/mol. The van der Waals surface area contributed by atoms with E-state index in [4.69, 9.17) is 10.5 Å². The first-order valence-corrected chi connectivity index (χ1v) is 8.94. The summed E-state index contributed by atoms with van der Waals surface area (Å²) in [7, 11) is 0. The van der Waals surface area contributed by atoms with Crippen molar-refractivity contribution in [3.05, 3.63) is 49.0 Å². The first-order valence-electron chi connectivity index (χ1n) is 6.48. The molecule has 0 aliphatic heterocycles. The van der Waals surface area contributed by atoms with Gasteiger partial charge in [0.1, 0.15) is 12.4 Å². The maximum Gasteiger partial charge on any atom is 0.122 e. The van der Waals surface area contributed by atoms with Crippen molar-refractivity contribution in [2.24, 2.45) is 5.73 Å². The van der Waals surface area contributed by atoms with E-state index in [1.54, 1.807) is 11.3 Å². The molecule has 2 rings (SSSR count). The van der Waals surface area contributed by atoms with Crippen molar-refractivity contribution in [3.8, 4) is 5.75 Å². The highest BCUT2D eigenvalue weighted by atomic mass is 79.9. The molecule has 2 aromatic rings. The van der Waals surface area contributed by atoms with Gasteiger partial charge in [-0.25, -0.2) is 0 Å². The van der Waals surface area contributed by atoms with Crippen LogP contribution in [0.2, 0.25) is 0 Å². The highest BCUT2D eigenvalue weighted by Gasteiger charge is 2.07. The second-order valence-corrected chi connectivity index (χ2v) is 7.41. The van der Waals surface area contributed by atoms with E-state index >= 15 is 0 Å². The Kier molecular flexibility index (Phi) is 6.08. The Balaban J connectivity index is 2.03. The summed E-state index contributed by atoms with van der Waals surface area (Å²) in [5.41, 5.74) is 7.22. The summed E-state index contributed by atoms with van der Waals surface area (Å²) >= 11 is 8.71. The summed E-state index contributed by atoms with van der Waals surface area (Å²) < 4.78 is 8.04. The molecular formula is C15H17Br2NOS. The van der Waals surface area contributed by atoms with Gasteiger partial charge in [-0.05, 0) is 58.6 Å². The van der Waals surface area contributed by atoms with Gasteiger partial charge in [-0.15, -0.1) is 11.3 Å². The summed E-state index contributed by atoms with van der Waals surface area (Å²) in [4.78, 5) is 1.20. The topological polar surface area (TPSA) is 35.2 Å². The van der Waals surface area contributed by atoms with Gasteiger partial charge in [0.15, 0.2) is 0 Å². The van der Waals surface area contributed by atoms with Crippen molar-refractivity contribution in [1.29, 1.82) is 0 Å². The zero-order chi connectivity index (χ0) is 14.5. The fourth-order valence-corrected chi connectivity index (χ4v) is 3.58. The van der Waals surface area contributed by atoms with Crippen LogP contribution in [0.5, 0.6) is 5.75 Å². The molecule has 0 amide bonds. The number of nitrogens with two attached hydrogens (primary N) is 1. The van der Waals surface area contributed by atoms with E-state index in [0.29, 0.717) is 6.61 Å². The van der Waals surface area contributed by atoms with Crippen LogP contribution in [-0.2, 0) is 13.0 Å². The van der Waals surface area contributed by atoms with Crippen LogP contribution in [0.3, 0.4) is 0 Å². The van der Waals surface area contributed by atoms with Gasteiger partial charge in [0.05, 0.1) is 0 Å². The third kappa shape index (κ3) is 4.58. The second-order valence-electron chi connectivity index (χ2n) is 4.65. The SMILES string of the molecule is CCC(N)Cc1cc(OCc2cc(Br)cs2)ccc1Br. The van der Waals surface area contributed by atoms with Crippen LogP contribution in [0, 0.1) is 0 Å². The van der Waals surface area contributed by atoms with Crippen LogP contribution in [-0.4, -0.2) is 6.04 Å². The van der Waals surface area contributed by atoms with Crippen LogP contribution in [0.15, 0.2) is 38.6 Å². The normalized spacial score (nSPS) is 12.4. The minimum absolute atomic E-state index is 0.190. The molecule has 0 bridgehead atoms. The van der Waals surface area contributed by atoms with Crippen LogP contribution in [0.1, 0.15) is 23.8 Å². The molecule has 0 radical (unpaired) electrons. The lowest BCUT2D eigenvalue weighted by Crippen LogP contribution is -2.21. The van der Waals surface area contributed by atoms with E-state index in [2.05, 4.69) is 56.3 Å². The maximum atomic E-state index is 6.03. The van der Waals surface area contributed by atoms with E-state index in [-0.39, 0.29) is 6.04 Å². The van der Waals surface area contributed by atoms with E-state index in [1.807, 2.05) is 12.1 Å². The molecule has 1 aromatic carbocycles. The van der Waals surface area contributed by atoms with Gasteiger partial charge >= 0.3 is 0 Å². The Morgan fingerprint density at radius 3 is 2.75 bits per heavy atom. The number of rotatable bonds is 6. The standard InChI is InChI=1S/C15H17Br2NOS/c1-2-12(18)5-10-6-13(3-4-15(10)17)19-8-14-7-11(16)9-20-14/h3-4,6-7,9,12H,2,5,8,18H2,1H3. The van der Waals surface area contributed by atoms with Crippen LogP contribution in [0.25, 0.3) is 0 Å². The highest BCUT2D eigenvalue weighted by molar-refractivity contribution is 9.10. The number of benzene rings is 1. The lowest BCUT2D eigenvalue weighted by molar-refractivity contribution is 0.309.